The summed E-state index contributed by atoms with van der Waals surface area (Å²) in [5, 5.41) is 9.76. The minimum atomic E-state index is 0.253. The maximum absolute atomic E-state index is 9.76. The Morgan fingerprint density at radius 1 is 1.29 bits per heavy atom. The van der Waals surface area contributed by atoms with E-state index in [2.05, 4.69) is 18.2 Å². The van der Waals surface area contributed by atoms with Crippen LogP contribution >= 0.6 is 0 Å². The smallest absolute Gasteiger partial charge is 0.160 e. The third kappa shape index (κ3) is 1.92. The third-order valence-electron chi connectivity index (χ3n) is 4.16. The van der Waals surface area contributed by atoms with Gasteiger partial charge in [-0.3, -0.25) is 0 Å². The molecule has 0 aromatic heterocycles. The number of aromatic hydroxyl groups is 1. The fourth-order valence-corrected chi connectivity index (χ4v) is 3.29. The van der Waals surface area contributed by atoms with E-state index in [4.69, 9.17) is 4.74 Å². The zero-order valence-corrected chi connectivity index (χ0v) is 10.1. The van der Waals surface area contributed by atoms with E-state index in [9.17, 15) is 5.11 Å². The predicted molar refractivity (Wildman–Crippen MR) is 67.2 cm³/mol. The van der Waals surface area contributed by atoms with Crippen molar-refractivity contribution in [3.63, 3.8) is 0 Å². The maximum Gasteiger partial charge on any atom is 0.160 e. The molecule has 0 aliphatic heterocycles. The Labute approximate surface area is 102 Å². The molecule has 1 aromatic rings. The van der Waals surface area contributed by atoms with Crippen LogP contribution < -0.4 is 4.74 Å². The number of hydrogen-bond acceptors (Lipinski definition) is 2. The van der Waals surface area contributed by atoms with Crippen molar-refractivity contribution in [3.05, 3.63) is 35.9 Å². The zero-order chi connectivity index (χ0) is 11.8. The molecule has 17 heavy (non-hydrogen) atoms. The molecule has 0 amide bonds. The Morgan fingerprint density at radius 3 is 2.76 bits per heavy atom. The lowest BCUT2D eigenvalue weighted by Gasteiger charge is -2.18. The van der Waals surface area contributed by atoms with Crippen LogP contribution in [0.4, 0.5) is 0 Å². The first kappa shape index (κ1) is 10.7. The van der Waals surface area contributed by atoms with E-state index < -0.39 is 0 Å². The van der Waals surface area contributed by atoms with Crippen molar-refractivity contribution in [2.75, 3.05) is 7.11 Å². The van der Waals surface area contributed by atoms with Gasteiger partial charge in [-0.2, -0.15) is 0 Å². The van der Waals surface area contributed by atoms with Crippen LogP contribution in [0.2, 0.25) is 0 Å². The molecule has 0 radical (unpaired) electrons. The summed E-state index contributed by atoms with van der Waals surface area (Å²) in [7, 11) is 1.58. The van der Waals surface area contributed by atoms with Crippen LogP contribution in [-0.2, 0) is 6.42 Å². The van der Waals surface area contributed by atoms with E-state index in [-0.39, 0.29) is 5.75 Å². The number of phenolic OH excluding ortho intramolecular Hbond substituents is 1. The molecule has 3 rings (SSSR count). The van der Waals surface area contributed by atoms with E-state index in [0.717, 1.165) is 24.2 Å². The van der Waals surface area contributed by atoms with Crippen LogP contribution in [0.5, 0.6) is 11.5 Å². The van der Waals surface area contributed by atoms with Crippen molar-refractivity contribution in [3.8, 4) is 11.5 Å². The highest BCUT2D eigenvalue weighted by molar-refractivity contribution is 5.41. The minimum absolute atomic E-state index is 0.253. The van der Waals surface area contributed by atoms with Gasteiger partial charge in [0.25, 0.3) is 0 Å². The maximum atomic E-state index is 9.76. The van der Waals surface area contributed by atoms with Gasteiger partial charge in [0.1, 0.15) is 0 Å². The number of rotatable bonds is 3. The van der Waals surface area contributed by atoms with Crippen LogP contribution in [0.3, 0.4) is 0 Å². The predicted octanol–water partition coefficient (Wildman–Crippen LogP) is 3.16. The van der Waals surface area contributed by atoms with Crippen LogP contribution in [0.1, 0.15) is 18.4 Å². The highest BCUT2D eigenvalue weighted by Gasteiger charge is 2.35. The van der Waals surface area contributed by atoms with Gasteiger partial charge in [0.2, 0.25) is 0 Å². The second kappa shape index (κ2) is 4.10. The van der Waals surface area contributed by atoms with Gasteiger partial charge in [-0.05, 0) is 54.7 Å². The van der Waals surface area contributed by atoms with E-state index in [1.54, 1.807) is 7.11 Å². The molecule has 3 atom stereocenters. The summed E-state index contributed by atoms with van der Waals surface area (Å²) < 4.78 is 5.06. The van der Waals surface area contributed by atoms with E-state index in [1.807, 2.05) is 12.1 Å². The molecule has 2 aliphatic carbocycles. The molecule has 2 aliphatic rings. The Balaban J connectivity index is 1.73. The van der Waals surface area contributed by atoms with Crippen LogP contribution in [0, 0.1) is 17.8 Å². The first-order valence-corrected chi connectivity index (χ1v) is 6.30. The molecular formula is C15H18O2. The Kier molecular flexibility index (Phi) is 2.58. The molecule has 90 valence electrons. The van der Waals surface area contributed by atoms with Crippen molar-refractivity contribution in [2.45, 2.75) is 19.3 Å². The highest BCUT2D eigenvalue weighted by atomic mass is 16.5. The fraction of sp³-hybridized carbons (Fsp3) is 0.467. The average Bonchev–Trinajstić information content (AvgIpc) is 2.91. The summed E-state index contributed by atoms with van der Waals surface area (Å²) in [6.45, 7) is 0. The molecule has 2 heteroatoms. The van der Waals surface area contributed by atoms with E-state index in [0.29, 0.717) is 5.75 Å². The van der Waals surface area contributed by atoms with Crippen molar-refractivity contribution in [1.29, 1.82) is 0 Å². The van der Waals surface area contributed by atoms with Gasteiger partial charge in [0.05, 0.1) is 7.11 Å². The number of hydrogen-bond donors (Lipinski definition) is 1. The summed E-state index contributed by atoms with van der Waals surface area (Å²) in [4.78, 5) is 0. The van der Waals surface area contributed by atoms with Gasteiger partial charge in [0, 0.05) is 0 Å². The van der Waals surface area contributed by atoms with E-state index in [1.165, 1.54) is 18.4 Å². The topological polar surface area (TPSA) is 29.5 Å². The third-order valence-corrected chi connectivity index (χ3v) is 4.16. The van der Waals surface area contributed by atoms with Gasteiger partial charge in [-0.1, -0.05) is 18.2 Å². The van der Waals surface area contributed by atoms with Crippen LogP contribution in [-0.4, -0.2) is 12.2 Å². The summed E-state index contributed by atoms with van der Waals surface area (Å²) >= 11 is 0. The molecule has 1 fully saturated rings. The lowest BCUT2D eigenvalue weighted by Crippen LogP contribution is -2.10. The van der Waals surface area contributed by atoms with Crippen molar-refractivity contribution in [2.24, 2.45) is 17.8 Å². The molecule has 0 heterocycles. The molecule has 2 nitrogen and oxygen atoms in total. The Hall–Kier alpha value is -1.44. The first-order valence-electron chi connectivity index (χ1n) is 6.30. The van der Waals surface area contributed by atoms with Gasteiger partial charge in [-0.15, -0.1) is 0 Å². The second-order valence-corrected chi connectivity index (χ2v) is 5.25. The largest absolute Gasteiger partial charge is 0.504 e. The van der Waals surface area contributed by atoms with E-state index >= 15 is 0 Å². The van der Waals surface area contributed by atoms with Crippen LogP contribution in [0.15, 0.2) is 30.4 Å². The van der Waals surface area contributed by atoms with Gasteiger partial charge in [0.15, 0.2) is 11.5 Å². The minimum Gasteiger partial charge on any atom is -0.504 e. The van der Waals surface area contributed by atoms with Crippen molar-refractivity contribution >= 4 is 0 Å². The normalized spacial score (nSPS) is 29.8. The zero-order valence-electron chi connectivity index (χ0n) is 10.1. The molecule has 2 bridgehead atoms. The number of allylic oxidation sites excluding steroid dienone is 2. The monoisotopic (exact) mass is 230 g/mol. The first-order chi connectivity index (χ1) is 8.26. The lowest BCUT2D eigenvalue weighted by molar-refractivity contribution is 0.372. The number of ether oxygens (including phenoxy) is 1. The molecule has 0 spiro atoms. The molecule has 1 N–H and O–H groups in total. The standard InChI is InChI=1S/C15H18O2/c1-17-15-5-3-11(9-14(15)16)8-13-7-10-2-4-12(13)6-10/h2-5,9-10,12-13,16H,6-8H2,1H3. The Morgan fingerprint density at radius 2 is 2.18 bits per heavy atom. The van der Waals surface area contributed by atoms with Gasteiger partial charge in [-0.25, -0.2) is 0 Å². The summed E-state index contributed by atoms with van der Waals surface area (Å²) in [5.41, 5.74) is 1.22. The van der Waals surface area contributed by atoms with Gasteiger partial charge < -0.3 is 9.84 Å². The SMILES string of the molecule is COc1ccc(CC2CC3C=CC2C3)cc1O. The molecular weight excluding hydrogens is 212 g/mol. The molecule has 1 aromatic carbocycles. The van der Waals surface area contributed by atoms with Crippen molar-refractivity contribution < 1.29 is 9.84 Å². The number of benzene rings is 1. The fourth-order valence-electron chi connectivity index (χ4n) is 3.29. The molecule has 1 saturated carbocycles. The van der Waals surface area contributed by atoms with Crippen LogP contribution in [0.25, 0.3) is 0 Å². The Bertz CT molecular complexity index is 450. The average molecular weight is 230 g/mol. The highest BCUT2D eigenvalue weighted by Crippen LogP contribution is 2.45. The number of phenols is 1. The molecule has 3 unspecified atom stereocenters. The summed E-state index contributed by atoms with van der Waals surface area (Å²) in [6.07, 6.45) is 8.47. The van der Waals surface area contributed by atoms with Gasteiger partial charge >= 0.3 is 0 Å². The lowest BCUT2D eigenvalue weighted by atomic mass is 9.87. The summed E-state index contributed by atoms with van der Waals surface area (Å²) in [6, 6.07) is 5.76. The second-order valence-electron chi connectivity index (χ2n) is 5.25. The number of fused-ring (bicyclic) bond motifs is 2. The quantitative estimate of drug-likeness (QED) is 0.808. The summed E-state index contributed by atoms with van der Waals surface area (Å²) in [5.74, 6) is 3.16. The molecule has 0 saturated heterocycles. The van der Waals surface area contributed by atoms with Crippen molar-refractivity contribution in [1.82, 2.24) is 0 Å². The number of methoxy groups -OCH3 is 1.